The van der Waals surface area contributed by atoms with Crippen LogP contribution in [0.2, 0.25) is 0 Å². The Morgan fingerprint density at radius 2 is 2.00 bits per heavy atom. The van der Waals surface area contributed by atoms with Crippen LogP contribution in [-0.4, -0.2) is 26.8 Å². The van der Waals surface area contributed by atoms with Crippen molar-refractivity contribution in [2.24, 2.45) is 5.92 Å². The summed E-state index contributed by atoms with van der Waals surface area (Å²) in [4.78, 5) is 22.8. The number of carboxylic acid groups (broad SMARTS) is 1. The zero-order chi connectivity index (χ0) is 15.6. The number of nitrogens with zero attached hydrogens (tertiary/aromatic N) is 2. The van der Waals surface area contributed by atoms with Gasteiger partial charge >= 0.3 is 5.97 Å². The van der Waals surface area contributed by atoms with E-state index in [1.54, 1.807) is 16.9 Å². The van der Waals surface area contributed by atoms with Crippen LogP contribution in [0.4, 0.5) is 5.69 Å². The Bertz CT molecular complexity index is 691. The molecule has 1 heterocycles. The molecule has 2 N–H and O–H groups in total. The highest BCUT2D eigenvalue weighted by molar-refractivity contribution is 6.04. The van der Waals surface area contributed by atoms with Crippen LogP contribution in [0.1, 0.15) is 18.1 Å². The average molecular weight is 287 g/mol. The summed E-state index contributed by atoms with van der Waals surface area (Å²) in [6.07, 6.45) is 3.55. The SMILES string of the molecule is Cc1ccc(-n2cc(C)cn2)c(NC(=O)C(C)C(=O)O)c1. The van der Waals surface area contributed by atoms with Crippen LogP contribution in [0.3, 0.4) is 0 Å². The van der Waals surface area contributed by atoms with Gasteiger partial charge in [-0.2, -0.15) is 5.10 Å². The first-order valence-corrected chi connectivity index (χ1v) is 6.54. The summed E-state index contributed by atoms with van der Waals surface area (Å²) in [5, 5.41) is 15.8. The standard InChI is InChI=1S/C15H17N3O3/c1-9-4-5-13(18-8-10(2)7-16-18)12(6-9)17-14(19)11(3)15(20)21/h4-8,11H,1-3H3,(H,17,19)(H,20,21). The Labute approximate surface area is 122 Å². The Morgan fingerprint density at radius 3 is 2.57 bits per heavy atom. The molecule has 1 aromatic carbocycles. The second kappa shape index (κ2) is 5.78. The number of hydrogen-bond acceptors (Lipinski definition) is 3. The normalized spacial score (nSPS) is 12.0. The molecule has 2 rings (SSSR count). The third-order valence-electron chi connectivity index (χ3n) is 3.13. The maximum atomic E-state index is 11.9. The highest BCUT2D eigenvalue weighted by Crippen LogP contribution is 2.22. The van der Waals surface area contributed by atoms with E-state index in [-0.39, 0.29) is 0 Å². The molecule has 0 saturated carbocycles. The van der Waals surface area contributed by atoms with Crippen molar-refractivity contribution in [1.29, 1.82) is 0 Å². The number of nitrogens with one attached hydrogen (secondary N) is 1. The van der Waals surface area contributed by atoms with Crippen LogP contribution in [-0.2, 0) is 9.59 Å². The van der Waals surface area contributed by atoms with Crippen molar-refractivity contribution >= 4 is 17.6 Å². The first-order valence-electron chi connectivity index (χ1n) is 6.54. The first kappa shape index (κ1) is 14.8. The molecule has 1 atom stereocenters. The summed E-state index contributed by atoms with van der Waals surface area (Å²) < 4.78 is 1.65. The lowest BCUT2D eigenvalue weighted by molar-refractivity contribution is -0.144. The number of amides is 1. The molecule has 0 aliphatic rings. The highest BCUT2D eigenvalue weighted by Gasteiger charge is 2.21. The van der Waals surface area contributed by atoms with Crippen molar-refractivity contribution in [1.82, 2.24) is 9.78 Å². The fourth-order valence-corrected chi connectivity index (χ4v) is 1.85. The molecule has 1 aromatic heterocycles. The molecule has 0 saturated heterocycles. The number of benzene rings is 1. The fraction of sp³-hybridized carbons (Fsp3) is 0.267. The van der Waals surface area contributed by atoms with Gasteiger partial charge in [-0.25, -0.2) is 4.68 Å². The van der Waals surface area contributed by atoms with Gasteiger partial charge in [0.25, 0.3) is 0 Å². The van der Waals surface area contributed by atoms with Crippen molar-refractivity contribution in [3.05, 3.63) is 41.7 Å². The predicted octanol–water partition coefficient (Wildman–Crippen LogP) is 2.15. The van der Waals surface area contributed by atoms with E-state index in [0.29, 0.717) is 11.4 Å². The molecule has 0 fully saturated rings. The van der Waals surface area contributed by atoms with Crippen molar-refractivity contribution in [3.8, 4) is 5.69 Å². The minimum absolute atomic E-state index is 0.538. The van der Waals surface area contributed by atoms with E-state index in [1.807, 2.05) is 32.2 Å². The lowest BCUT2D eigenvalue weighted by atomic mass is 10.1. The predicted molar refractivity (Wildman–Crippen MR) is 78.5 cm³/mol. The molecule has 0 radical (unpaired) electrons. The summed E-state index contributed by atoms with van der Waals surface area (Å²) in [5.41, 5.74) is 3.18. The molecule has 110 valence electrons. The van der Waals surface area contributed by atoms with Gasteiger partial charge in [-0.3, -0.25) is 9.59 Å². The Balaban J connectivity index is 2.36. The summed E-state index contributed by atoms with van der Waals surface area (Å²) in [6.45, 7) is 5.17. The second-order valence-electron chi connectivity index (χ2n) is 5.03. The minimum Gasteiger partial charge on any atom is -0.481 e. The zero-order valence-corrected chi connectivity index (χ0v) is 12.1. The Kier molecular flexibility index (Phi) is 4.07. The number of hydrogen-bond donors (Lipinski definition) is 2. The number of carbonyl (C=O) groups excluding carboxylic acids is 1. The van der Waals surface area contributed by atoms with Gasteiger partial charge in [0, 0.05) is 6.20 Å². The number of carbonyl (C=O) groups is 2. The molecule has 0 aliphatic heterocycles. The van der Waals surface area contributed by atoms with Crippen LogP contribution in [0.5, 0.6) is 0 Å². The van der Waals surface area contributed by atoms with Crippen LogP contribution in [0.25, 0.3) is 5.69 Å². The third-order valence-corrected chi connectivity index (χ3v) is 3.13. The van der Waals surface area contributed by atoms with Crippen LogP contribution in [0, 0.1) is 19.8 Å². The van der Waals surface area contributed by atoms with Crippen molar-refractivity contribution in [2.45, 2.75) is 20.8 Å². The van der Waals surface area contributed by atoms with Crippen molar-refractivity contribution in [3.63, 3.8) is 0 Å². The molecule has 0 bridgehead atoms. The van der Waals surface area contributed by atoms with Crippen molar-refractivity contribution in [2.75, 3.05) is 5.32 Å². The maximum Gasteiger partial charge on any atom is 0.315 e. The summed E-state index contributed by atoms with van der Waals surface area (Å²) in [7, 11) is 0. The lowest BCUT2D eigenvalue weighted by Crippen LogP contribution is -2.27. The number of aromatic nitrogens is 2. The number of aryl methyl sites for hydroxylation is 2. The van der Waals surface area contributed by atoms with Gasteiger partial charge in [-0.1, -0.05) is 6.07 Å². The zero-order valence-electron chi connectivity index (χ0n) is 12.1. The van der Waals surface area contributed by atoms with Gasteiger partial charge in [0.1, 0.15) is 5.92 Å². The summed E-state index contributed by atoms with van der Waals surface area (Å²) >= 11 is 0. The van der Waals surface area contributed by atoms with Gasteiger partial charge in [0.05, 0.1) is 17.6 Å². The van der Waals surface area contributed by atoms with Gasteiger partial charge < -0.3 is 10.4 Å². The van der Waals surface area contributed by atoms with Crippen LogP contribution >= 0.6 is 0 Å². The van der Waals surface area contributed by atoms with Gasteiger partial charge in [-0.15, -0.1) is 0 Å². The van der Waals surface area contributed by atoms with E-state index < -0.39 is 17.8 Å². The molecule has 6 nitrogen and oxygen atoms in total. The number of rotatable bonds is 4. The van der Waals surface area contributed by atoms with E-state index in [9.17, 15) is 9.59 Å². The van der Waals surface area contributed by atoms with Gasteiger partial charge in [0.2, 0.25) is 5.91 Å². The molecule has 1 unspecified atom stereocenters. The molecule has 2 aromatic rings. The molecule has 0 aliphatic carbocycles. The monoisotopic (exact) mass is 287 g/mol. The van der Waals surface area contributed by atoms with E-state index >= 15 is 0 Å². The molecular weight excluding hydrogens is 270 g/mol. The lowest BCUT2D eigenvalue weighted by Gasteiger charge is -2.13. The maximum absolute atomic E-state index is 11.9. The summed E-state index contributed by atoms with van der Waals surface area (Å²) in [5.74, 6) is -2.83. The molecular formula is C15H17N3O3. The first-order chi connectivity index (χ1) is 9.88. The Morgan fingerprint density at radius 1 is 1.29 bits per heavy atom. The minimum atomic E-state index is -1.16. The van der Waals surface area contributed by atoms with Crippen molar-refractivity contribution < 1.29 is 14.7 Å². The van der Waals surface area contributed by atoms with Gasteiger partial charge in [0.15, 0.2) is 0 Å². The fourth-order valence-electron chi connectivity index (χ4n) is 1.85. The average Bonchev–Trinajstić information content (AvgIpc) is 2.84. The van der Waals surface area contributed by atoms with E-state index in [4.69, 9.17) is 5.11 Å². The molecule has 0 spiro atoms. The molecule has 6 heteroatoms. The number of carboxylic acids is 1. The smallest absolute Gasteiger partial charge is 0.315 e. The van der Waals surface area contributed by atoms with Crippen LogP contribution in [0.15, 0.2) is 30.6 Å². The van der Waals surface area contributed by atoms with Gasteiger partial charge in [-0.05, 0) is 44.0 Å². The van der Waals surface area contributed by atoms with E-state index in [0.717, 1.165) is 11.1 Å². The molecule has 1 amide bonds. The quantitative estimate of drug-likeness (QED) is 0.844. The van der Waals surface area contributed by atoms with E-state index in [2.05, 4.69) is 10.4 Å². The molecule has 21 heavy (non-hydrogen) atoms. The second-order valence-corrected chi connectivity index (χ2v) is 5.03. The van der Waals surface area contributed by atoms with E-state index in [1.165, 1.54) is 6.92 Å². The number of aliphatic carboxylic acids is 1. The number of anilines is 1. The van der Waals surface area contributed by atoms with Crippen LogP contribution < -0.4 is 5.32 Å². The Hall–Kier alpha value is -2.63. The summed E-state index contributed by atoms with van der Waals surface area (Å²) in [6, 6.07) is 5.53. The highest BCUT2D eigenvalue weighted by atomic mass is 16.4. The largest absolute Gasteiger partial charge is 0.481 e. The topological polar surface area (TPSA) is 84.2 Å². The third kappa shape index (κ3) is 3.28.